The minimum atomic E-state index is -0.290. The first-order valence-electron chi connectivity index (χ1n) is 8.38. The number of rotatable bonds is 4. The molecule has 0 bridgehead atoms. The second-order valence-corrected chi connectivity index (χ2v) is 6.99. The minimum absolute atomic E-state index is 0.0615. The number of anilines is 1. The average Bonchev–Trinajstić information content (AvgIpc) is 3.15. The molecule has 2 heterocycles. The summed E-state index contributed by atoms with van der Waals surface area (Å²) >= 11 is 1.47. The predicted octanol–water partition coefficient (Wildman–Crippen LogP) is 2.78. The molecule has 1 aromatic heterocycles. The number of fused-ring (bicyclic) bond motifs is 2. The van der Waals surface area contributed by atoms with E-state index in [1.807, 2.05) is 6.07 Å². The monoisotopic (exact) mass is 383 g/mol. The summed E-state index contributed by atoms with van der Waals surface area (Å²) in [5.74, 6) is 0.746. The van der Waals surface area contributed by atoms with E-state index < -0.39 is 0 Å². The quantitative estimate of drug-likeness (QED) is 0.749. The zero-order chi connectivity index (χ0) is 18.8. The van der Waals surface area contributed by atoms with E-state index in [0.717, 1.165) is 10.2 Å². The van der Waals surface area contributed by atoms with Crippen LogP contribution in [0.2, 0.25) is 0 Å². The van der Waals surface area contributed by atoms with Crippen molar-refractivity contribution in [2.75, 3.05) is 32.1 Å². The summed E-state index contributed by atoms with van der Waals surface area (Å²) in [5, 5.41) is 2.78. The van der Waals surface area contributed by atoms with Gasteiger partial charge in [0.15, 0.2) is 11.5 Å². The summed E-state index contributed by atoms with van der Waals surface area (Å²) < 4.78 is 11.9. The maximum atomic E-state index is 12.6. The molecule has 0 saturated carbocycles. The molecule has 1 N–H and O–H groups in total. The van der Waals surface area contributed by atoms with Crippen molar-refractivity contribution in [1.82, 2.24) is 9.88 Å². The van der Waals surface area contributed by atoms with Crippen molar-refractivity contribution in [1.29, 1.82) is 0 Å². The Bertz CT molecular complexity index is 1020. The summed E-state index contributed by atoms with van der Waals surface area (Å²) in [6.07, 6.45) is 0. The second kappa shape index (κ2) is 7.24. The maximum absolute atomic E-state index is 12.6. The molecule has 27 heavy (non-hydrogen) atoms. The number of aromatic nitrogens is 1. The Balaban J connectivity index is 1.40. The number of amides is 2. The van der Waals surface area contributed by atoms with Crippen molar-refractivity contribution in [2.24, 2.45) is 0 Å². The lowest BCUT2D eigenvalue weighted by Gasteiger charge is -2.20. The number of carbonyl (C=O) groups excluding carboxylic acids is 2. The van der Waals surface area contributed by atoms with Crippen molar-refractivity contribution >= 4 is 39.1 Å². The number of thiazole rings is 1. The van der Waals surface area contributed by atoms with Gasteiger partial charge in [0, 0.05) is 24.4 Å². The van der Waals surface area contributed by atoms with E-state index in [1.54, 1.807) is 42.9 Å². The van der Waals surface area contributed by atoms with Gasteiger partial charge in [-0.3, -0.25) is 9.59 Å². The van der Waals surface area contributed by atoms with Crippen LogP contribution in [0.15, 0.2) is 41.9 Å². The molecular weight excluding hydrogens is 366 g/mol. The first-order valence-corrected chi connectivity index (χ1v) is 9.26. The van der Waals surface area contributed by atoms with E-state index >= 15 is 0 Å². The molecule has 0 spiro atoms. The van der Waals surface area contributed by atoms with E-state index in [9.17, 15) is 9.59 Å². The normalized spacial score (nSPS) is 12.6. The van der Waals surface area contributed by atoms with Crippen molar-refractivity contribution in [3.63, 3.8) is 0 Å². The fourth-order valence-corrected chi connectivity index (χ4v) is 3.53. The Hall–Kier alpha value is -3.13. The zero-order valence-corrected chi connectivity index (χ0v) is 15.4. The minimum Gasteiger partial charge on any atom is -0.486 e. The Morgan fingerprint density at radius 2 is 1.96 bits per heavy atom. The molecule has 0 radical (unpaired) electrons. The van der Waals surface area contributed by atoms with Crippen molar-refractivity contribution in [3.8, 4) is 11.5 Å². The number of nitrogens with one attached hydrogen (secondary N) is 1. The second-order valence-electron chi connectivity index (χ2n) is 6.10. The van der Waals surface area contributed by atoms with Crippen LogP contribution in [0.4, 0.5) is 5.69 Å². The van der Waals surface area contributed by atoms with Crippen LogP contribution in [0.25, 0.3) is 10.2 Å². The molecule has 0 atom stereocenters. The first-order chi connectivity index (χ1) is 13.1. The molecule has 1 aliphatic heterocycles. The molecule has 7 nitrogen and oxygen atoms in total. The molecule has 1 aliphatic rings. The third-order valence-electron chi connectivity index (χ3n) is 4.13. The number of hydrogen-bond acceptors (Lipinski definition) is 6. The van der Waals surface area contributed by atoms with Crippen LogP contribution in [-0.4, -0.2) is 48.5 Å². The Labute approximate surface area is 159 Å². The third-order valence-corrected chi connectivity index (χ3v) is 4.92. The molecule has 0 saturated heterocycles. The Kier molecular flexibility index (Phi) is 4.64. The Morgan fingerprint density at radius 1 is 1.15 bits per heavy atom. The van der Waals surface area contributed by atoms with Crippen LogP contribution in [0.3, 0.4) is 0 Å². The smallest absolute Gasteiger partial charge is 0.254 e. The largest absolute Gasteiger partial charge is 0.486 e. The van der Waals surface area contributed by atoms with Gasteiger partial charge in [-0.2, -0.15) is 0 Å². The number of carbonyl (C=O) groups is 2. The molecule has 0 fully saturated rings. The predicted molar refractivity (Wildman–Crippen MR) is 103 cm³/mol. The summed E-state index contributed by atoms with van der Waals surface area (Å²) in [5.41, 5.74) is 3.72. The number of hydrogen-bond donors (Lipinski definition) is 1. The van der Waals surface area contributed by atoms with E-state index in [1.165, 1.54) is 16.2 Å². The summed E-state index contributed by atoms with van der Waals surface area (Å²) in [6, 6.07) is 10.5. The maximum Gasteiger partial charge on any atom is 0.254 e. The molecule has 2 amide bonds. The summed E-state index contributed by atoms with van der Waals surface area (Å²) in [4.78, 5) is 30.5. The van der Waals surface area contributed by atoms with Crippen LogP contribution in [-0.2, 0) is 4.79 Å². The van der Waals surface area contributed by atoms with Gasteiger partial charge < -0.3 is 19.7 Å². The summed E-state index contributed by atoms with van der Waals surface area (Å²) in [6.45, 7) is 0.929. The molecule has 8 heteroatoms. The SMILES string of the molecule is CN(CC(=O)Nc1ccc2c(c1)OCCO2)C(=O)c1ccc2ncsc2c1. The molecule has 2 aromatic carbocycles. The fourth-order valence-electron chi connectivity index (χ4n) is 2.82. The molecular formula is C19H17N3O4S. The van der Waals surface area contributed by atoms with Gasteiger partial charge >= 0.3 is 0 Å². The van der Waals surface area contributed by atoms with Crippen molar-refractivity contribution in [3.05, 3.63) is 47.5 Å². The van der Waals surface area contributed by atoms with Crippen molar-refractivity contribution < 1.29 is 19.1 Å². The third kappa shape index (κ3) is 3.70. The van der Waals surface area contributed by atoms with Crippen LogP contribution in [0.1, 0.15) is 10.4 Å². The van der Waals surface area contributed by atoms with E-state index in [-0.39, 0.29) is 18.4 Å². The number of ether oxygens (including phenoxy) is 2. The van der Waals surface area contributed by atoms with Crippen molar-refractivity contribution in [2.45, 2.75) is 0 Å². The van der Waals surface area contributed by atoms with Gasteiger partial charge in [-0.1, -0.05) is 0 Å². The van der Waals surface area contributed by atoms with Gasteiger partial charge in [0.1, 0.15) is 13.2 Å². The Morgan fingerprint density at radius 3 is 2.81 bits per heavy atom. The number of likely N-dealkylation sites (N-methyl/N-ethyl adjacent to an activating group) is 1. The molecule has 4 rings (SSSR count). The highest BCUT2D eigenvalue weighted by Gasteiger charge is 2.17. The van der Waals surface area contributed by atoms with Crippen LogP contribution >= 0.6 is 11.3 Å². The highest BCUT2D eigenvalue weighted by atomic mass is 32.1. The number of benzene rings is 2. The van der Waals surface area contributed by atoms with Crippen LogP contribution < -0.4 is 14.8 Å². The lowest BCUT2D eigenvalue weighted by Crippen LogP contribution is -2.34. The molecule has 3 aromatic rings. The van der Waals surface area contributed by atoms with Gasteiger partial charge in [-0.15, -0.1) is 11.3 Å². The van der Waals surface area contributed by atoms with E-state index in [2.05, 4.69) is 10.3 Å². The lowest BCUT2D eigenvalue weighted by atomic mass is 10.2. The van der Waals surface area contributed by atoms with Gasteiger partial charge in [-0.05, 0) is 30.3 Å². The highest BCUT2D eigenvalue weighted by molar-refractivity contribution is 7.16. The first kappa shape index (κ1) is 17.3. The molecule has 0 aliphatic carbocycles. The molecule has 138 valence electrons. The van der Waals surface area contributed by atoms with E-state index in [4.69, 9.17) is 9.47 Å². The highest BCUT2D eigenvalue weighted by Crippen LogP contribution is 2.32. The van der Waals surface area contributed by atoms with Gasteiger partial charge in [0.05, 0.1) is 22.3 Å². The van der Waals surface area contributed by atoms with Gasteiger partial charge in [0.2, 0.25) is 5.91 Å². The number of nitrogens with zero attached hydrogens (tertiary/aromatic N) is 2. The zero-order valence-electron chi connectivity index (χ0n) is 14.6. The lowest BCUT2D eigenvalue weighted by molar-refractivity contribution is -0.116. The average molecular weight is 383 g/mol. The van der Waals surface area contributed by atoms with E-state index in [0.29, 0.717) is 36.0 Å². The topological polar surface area (TPSA) is 80.8 Å². The van der Waals surface area contributed by atoms with Gasteiger partial charge in [0.25, 0.3) is 5.91 Å². The van der Waals surface area contributed by atoms with Crippen LogP contribution in [0.5, 0.6) is 11.5 Å². The fraction of sp³-hybridized carbons (Fsp3) is 0.211. The molecule has 0 unspecified atom stereocenters. The summed E-state index contributed by atoms with van der Waals surface area (Å²) in [7, 11) is 1.60. The standard InChI is InChI=1S/C19H17N3O4S/c1-22(19(24)12-2-4-14-17(8-12)27-11-20-14)10-18(23)21-13-3-5-15-16(9-13)26-7-6-25-15/h2-5,8-9,11H,6-7,10H2,1H3,(H,21,23). The van der Waals surface area contributed by atoms with Gasteiger partial charge in [-0.25, -0.2) is 4.98 Å². The van der Waals surface area contributed by atoms with Crippen LogP contribution in [0, 0.1) is 0 Å².